The number of halogens is 1. The van der Waals surface area contributed by atoms with E-state index < -0.39 is 0 Å². The third-order valence-corrected chi connectivity index (χ3v) is 3.24. The van der Waals surface area contributed by atoms with Gasteiger partial charge in [0.1, 0.15) is 0 Å². The van der Waals surface area contributed by atoms with E-state index in [0.717, 1.165) is 12.1 Å². The smallest absolute Gasteiger partial charge is 0.164 e. The fourth-order valence-corrected chi connectivity index (χ4v) is 1.97. The molecule has 1 aliphatic rings. The Morgan fingerprint density at radius 3 is 2.88 bits per heavy atom. The van der Waals surface area contributed by atoms with Crippen molar-refractivity contribution in [3.63, 3.8) is 0 Å². The highest BCUT2D eigenvalue weighted by molar-refractivity contribution is 6.31. The highest BCUT2D eigenvalue weighted by atomic mass is 35.5. The van der Waals surface area contributed by atoms with E-state index in [-0.39, 0.29) is 5.78 Å². The van der Waals surface area contributed by atoms with Gasteiger partial charge in [-0.3, -0.25) is 4.79 Å². The van der Waals surface area contributed by atoms with Crippen molar-refractivity contribution in [2.75, 3.05) is 13.6 Å². The van der Waals surface area contributed by atoms with Gasteiger partial charge in [0.25, 0.3) is 0 Å². The summed E-state index contributed by atoms with van der Waals surface area (Å²) in [7, 11) is 2.09. The molecule has 16 heavy (non-hydrogen) atoms. The first-order valence-corrected chi connectivity index (χ1v) is 6.03. The second kappa shape index (κ2) is 4.98. The Morgan fingerprint density at radius 2 is 2.25 bits per heavy atom. The summed E-state index contributed by atoms with van der Waals surface area (Å²) in [5, 5.41) is 0.626. The summed E-state index contributed by atoms with van der Waals surface area (Å²) >= 11 is 5.85. The van der Waals surface area contributed by atoms with E-state index in [1.165, 1.54) is 12.8 Å². The van der Waals surface area contributed by atoms with Gasteiger partial charge >= 0.3 is 0 Å². The highest BCUT2D eigenvalue weighted by Gasteiger charge is 2.25. The van der Waals surface area contributed by atoms with Gasteiger partial charge in [-0.2, -0.15) is 0 Å². The predicted molar refractivity (Wildman–Crippen MR) is 66.1 cm³/mol. The zero-order valence-corrected chi connectivity index (χ0v) is 10.2. The Labute approximate surface area is 101 Å². The third-order valence-electron chi connectivity index (χ3n) is 3.01. The summed E-state index contributed by atoms with van der Waals surface area (Å²) in [5.74, 6) is 0.176. The van der Waals surface area contributed by atoms with E-state index in [1.54, 1.807) is 12.1 Å². The standard InChI is InChI=1S/C13H16ClNO/c1-15(12-5-6-12)8-7-13(16)10-3-2-4-11(14)9-10/h2-4,9,12H,5-8H2,1H3. The number of ketones is 1. The Balaban J connectivity index is 1.87. The molecule has 0 N–H and O–H groups in total. The van der Waals surface area contributed by atoms with Gasteiger partial charge in [-0.15, -0.1) is 0 Å². The van der Waals surface area contributed by atoms with Crippen LogP contribution in [0.4, 0.5) is 0 Å². The van der Waals surface area contributed by atoms with Crippen LogP contribution in [0.15, 0.2) is 24.3 Å². The molecule has 0 radical (unpaired) electrons. The Bertz CT molecular complexity index is 387. The molecule has 2 rings (SSSR count). The van der Waals surface area contributed by atoms with Crippen LogP contribution in [0.25, 0.3) is 0 Å². The summed E-state index contributed by atoms with van der Waals surface area (Å²) < 4.78 is 0. The van der Waals surface area contributed by atoms with Gasteiger partial charge in [0.05, 0.1) is 0 Å². The Kier molecular flexibility index (Phi) is 3.62. The van der Waals surface area contributed by atoms with Crippen LogP contribution in [-0.2, 0) is 0 Å². The lowest BCUT2D eigenvalue weighted by Crippen LogP contribution is -2.23. The Hall–Kier alpha value is -0.860. The minimum atomic E-state index is 0.176. The lowest BCUT2D eigenvalue weighted by molar-refractivity contribution is 0.0968. The summed E-state index contributed by atoms with van der Waals surface area (Å²) in [4.78, 5) is 14.1. The molecular formula is C13H16ClNO. The number of hydrogen-bond donors (Lipinski definition) is 0. The first-order valence-electron chi connectivity index (χ1n) is 5.66. The van der Waals surface area contributed by atoms with Crippen LogP contribution < -0.4 is 0 Å². The molecule has 0 spiro atoms. The van der Waals surface area contributed by atoms with Crippen molar-refractivity contribution >= 4 is 17.4 Å². The lowest BCUT2D eigenvalue weighted by atomic mass is 10.1. The van der Waals surface area contributed by atoms with Gasteiger partial charge in [-0.1, -0.05) is 23.7 Å². The summed E-state index contributed by atoms with van der Waals surface area (Å²) in [5.41, 5.74) is 0.719. The summed E-state index contributed by atoms with van der Waals surface area (Å²) in [6, 6.07) is 7.88. The van der Waals surface area contributed by atoms with Crippen molar-refractivity contribution in [3.8, 4) is 0 Å². The lowest BCUT2D eigenvalue weighted by Gasteiger charge is -2.14. The van der Waals surface area contributed by atoms with E-state index in [9.17, 15) is 4.79 Å². The first kappa shape index (κ1) is 11.6. The molecule has 0 aliphatic heterocycles. The highest BCUT2D eigenvalue weighted by Crippen LogP contribution is 2.25. The van der Waals surface area contributed by atoms with Crippen molar-refractivity contribution in [1.29, 1.82) is 0 Å². The minimum absolute atomic E-state index is 0.176. The molecule has 1 aromatic rings. The van der Waals surface area contributed by atoms with E-state index in [1.807, 2.05) is 12.1 Å². The second-order valence-electron chi connectivity index (χ2n) is 4.40. The van der Waals surface area contributed by atoms with Gasteiger partial charge in [-0.05, 0) is 32.0 Å². The predicted octanol–water partition coefficient (Wildman–Crippen LogP) is 3.01. The number of carbonyl (C=O) groups excluding carboxylic acids is 1. The third kappa shape index (κ3) is 3.06. The maximum absolute atomic E-state index is 11.9. The zero-order valence-electron chi connectivity index (χ0n) is 9.45. The van der Waals surface area contributed by atoms with Crippen molar-refractivity contribution in [2.45, 2.75) is 25.3 Å². The molecule has 0 saturated heterocycles. The summed E-state index contributed by atoms with van der Waals surface area (Å²) in [6.45, 7) is 0.843. The summed E-state index contributed by atoms with van der Waals surface area (Å²) in [6.07, 6.45) is 3.14. The van der Waals surface area contributed by atoms with Crippen molar-refractivity contribution in [3.05, 3.63) is 34.9 Å². The van der Waals surface area contributed by atoms with E-state index in [0.29, 0.717) is 17.5 Å². The molecule has 86 valence electrons. The molecule has 0 atom stereocenters. The van der Waals surface area contributed by atoms with Crippen LogP contribution >= 0.6 is 11.6 Å². The topological polar surface area (TPSA) is 20.3 Å². The monoisotopic (exact) mass is 237 g/mol. The average molecular weight is 238 g/mol. The molecule has 3 heteroatoms. The molecule has 0 heterocycles. The normalized spacial score (nSPS) is 15.4. The van der Waals surface area contributed by atoms with Crippen LogP contribution in [0.1, 0.15) is 29.6 Å². The molecule has 0 aromatic heterocycles. The molecule has 2 nitrogen and oxygen atoms in total. The SMILES string of the molecule is CN(CCC(=O)c1cccc(Cl)c1)C1CC1. The van der Waals surface area contributed by atoms with Gasteiger partial charge in [0.2, 0.25) is 0 Å². The van der Waals surface area contributed by atoms with E-state index in [4.69, 9.17) is 11.6 Å². The van der Waals surface area contributed by atoms with Crippen LogP contribution in [0.3, 0.4) is 0 Å². The number of rotatable bonds is 5. The molecule has 0 amide bonds. The van der Waals surface area contributed by atoms with Crippen LogP contribution in [-0.4, -0.2) is 30.3 Å². The first-order chi connectivity index (χ1) is 7.66. The fraction of sp³-hybridized carbons (Fsp3) is 0.462. The molecule has 0 unspecified atom stereocenters. The average Bonchev–Trinajstić information content (AvgIpc) is 3.09. The number of Topliss-reactive ketones (excluding diaryl/α,β-unsaturated/α-hetero) is 1. The van der Waals surface area contributed by atoms with E-state index >= 15 is 0 Å². The maximum atomic E-state index is 11.9. The molecule has 1 aliphatic carbocycles. The second-order valence-corrected chi connectivity index (χ2v) is 4.83. The van der Waals surface area contributed by atoms with Crippen molar-refractivity contribution < 1.29 is 4.79 Å². The molecule has 1 saturated carbocycles. The van der Waals surface area contributed by atoms with Gasteiger partial charge in [-0.25, -0.2) is 0 Å². The fourth-order valence-electron chi connectivity index (χ4n) is 1.78. The maximum Gasteiger partial charge on any atom is 0.164 e. The quantitative estimate of drug-likeness (QED) is 0.734. The van der Waals surface area contributed by atoms with Crippen molar-refractivity contribution in [1.82, 2.24) is 4.90 Å². The minimum Gasteiger partial charge on any atom is -0.303 e. The molecular weight excluding hydrogens is 222 g/mol. The number of carbonyl (C=O) groups is 1. The van der Waals surface area contributed by atoms with E-state index in [2.05, 4.69) is 11.9 Å². The molecule has 1 aromatic carbocycles. The molecule has 1 fully saturated rings. The van der Waals surface area contributed by atoms with Gasteiger partial charge in [0.15, 0.2) is 5.78 Å². The number of benzene rings is 1. The van der Waals surface area contributed by atoms with Crippen LogP contribution in [0.5, 0.6) is 0 Å². The molecule has 0 bridgehead atoms. The van der Waals surface area contributed by atoms with Gasteiger partial charge < -0.3 is 4.90 Å². The van der Waals surface area contributed by atoms with Gasteiger partial charge in [0, 0.05) is 29.6 Å². The zero-order chi connectivity index (χ0) is 11.5. The van der Waals surface area contributed by atoms with Crippen LogP contribution in [0.2, 0.25) is 5.02 Å². The van der Waals surface area contributed by atoms with Crippen LogP contribution in [0, 0.1) is 0 Å². The number of nitrogens with zero attached hydrogens (tertiary/aromatic N) is 1. The number of hydrogen-bond acceptors (Lipinski definition) is 2. The Morgan fingerprint density at radius 1 is 1.50 bits per heavy atom. The van der Waals surface area contributed by atoms with Crippen molar-refractivity contribution in [2.24, 2.45) is 0 Å². The largest absolute Gasteiger partial charge is 0.303 e.